The number of fused-ring (bicyclic) bond motifs is 1. The predicted octanol–water partition coefficient (Wildman–Crippen LogP) is 3.47. The fourth-order valence-electron chi connectivity index (χ4n) is 1.42. The molecule has 1 atom stereocenters. The summed E-state index contributed by atoms with van der Waals surface area (Å²) in [4.78, 5) is -0.216. The van der Waals surface area contributed by atoms with Gasteiger partial charge in [-0.2, -0.15) is 13.2 Å². The van der Waals surface area contributed by atoms with Crippen molar-refractivity contribution < 1.29 is 17.4 Å². The molecule has 1 nitrogen and oxygen atoms in total. The van der Waals surface area contributed by atoms with Gasteiger partial charge in [-0.3, -0.25) is 0 Å². The predicted molar refractivity (Wildman–Crippen MR) is 56.4 cm³/mol. The van der Waals surface area contributed by atoms with Crippen LogP contribution in [0.25, 0.3) is 10.8 Å². The van der Waals surface area contributed by atoms with Crippen LogP contribution < -0.4 is 0 Å². The van der Waals surface area contributed by atoms with E-state index in [9.17, 15) is 17.4 Å². The van der Waals surface area contributed by atoms with Crippen molar-refractivity contribution in [1.82, 2.24) is 0 Å². The van der Waals surface area contributed by atoms with Crippen LogP contribution in [0.15, 0.2) is 47.4 Å². The summed E-state index contributed by atoms with van der Waals surface area (Å²) in [7, 11) is -2.96. The molecule has 0 aliphatic rings. The summed E-state index contributed by atoms with van der Waals surface area (Å²) in [5.74, 6) is 0. The molecular weight excluding hydrogens is 237 g/mol. The average molecular weight is 244 g/mol. The molecule has 0 heterocycles. The fraction of sp³-hybridized carbons (Fsp3) is 0.0909. The molecule has 2 aromatic rings. The van der Waals surface area contributed by atoms with Gasteiger partial charge in [0, 0.05) is 4.90 Å². The quantitative estimate of drug-likeness (QED) is 0.750. The summed E-state index contributed by atoms with van der Waals surface area (Å²) >= 11 is 0. The van der Waals surface area contributed by atoms with Crippen LogP contribution in [0, 0.1) is 0 Å². The van der Waals surface area contributed by atoms with Crippen LogP contribution in [0.2, 0.25) is 0 Å². The molecule has 0 saturated carbocycles. The van der Waals surface area contributed by atoms with Crippen molar-refractivity contribution in [1.29, 1.82) is 0 Å². The molecule has 0 aliphatic carbocycles. The minimum absolute atomic E-state index is 0.216. The Bertz CT molecular complexity index is 548. The Morgan fingerprint density at radius 3 is 2.19 bits per heavy atom. The lowest BCUT2D eigenvalue weighted by atomic mass is 10.1. The lowest BCUT2D eigenvalue weighted by molar-refractivity contribution is -0.0384. The zero-order valence-electron chi connectivity index (χ0n) is 7.99. The van der Waals surface area contributed by atoms with Gasteiger partial charge in [0.2, 0.25) is 0 Å². The second kappa shape index (κ2) is 3.90. The van der Waals surface area contributed by atoms with E-state index in [-0.39, 0.29) is 4.90 Å². The largest absolute Gasteiger partial charge is 0.475 e. The van der Waals surface area contributed by atoms with Crippen LogP contribution in [0.4, 0.5) is 13.2 Å². The highest BCUT2D eigenvalue weighted by Crippen LogP contribution is 2.28. The normalized spacial score (nSPS) is 13.9. The smallest absolute Gasteiger partial charge is 0.245 e. The van der Waals surface area contributed by atoms with E-state index >= 15 is 0 Å². The highest BCUT2D eigenvalue weighted by atomic mass is 32.2. The summed E-state index contributed by atoms with van der Waals surface area (Å²) in [6.07, 6.45) is 0. The van der Waals surface area contributed by atoms with Gasteiger partial charge in [0.25, 0.3) is 0 Å². The number of hydrogen-bond acceptors (Lipinski definition) is 1. The Labute approximate surface area is 92.3 Å². The van der Waals surface area contributed by atoms with Crippen LogP contribution >= 0.6 is 0 Å². The van der Waals surface area contributed by atoms with Crippen molar-refractivity contribution in [3.05, 3.63) is 42.5 Å². The minimum atomic E-state index is -4.71. The van der Waals surface area contributed by atoms with Crippen molar-refractivity contribution >= 4 is 21.6 Å². The lowest BCUT2D eigenvalue weighted by Crippen LogP contribution is -2.16. The molecular formula is C11H7F3OS. The molecule has 0 amide bonds. The van der Waals surface area contributed by atoms with Crippen LogP contribution in [0.1, 0.15) is 0 Å². The summed E-state index contributed by atoms with van der Waals surface area (Å²) < 4.78 is 47.8. The van der Waals surface area contributed by atoms with Gasteiger partial charge in [-0.25, -0.2) is 4.21 Å². The van der Waals surface area contributed by atoms with Crippen LogP contribution in [-0.4, -0.2) is 9.72 Å². The van der Waals surface area contributed by atoms with Gasteiger partial charge in [-0.1, -0.05) is 30.3 Å². The maximum absolute atomic E-state index is 12.2. The van der Waals surface area contributed by atoms with Crippen LogP contribution in [0.5, 0.6) is 0 Å². The van der Waals surface area contributed by atoms with E-state index < -0.39 is 16.3 Å². The molecule has 0 radical (unpaired) electrons. The number of rotatable bonds is 1. The fourth-order valence-corrected chi connectivity index (χ4v) is 2.11. The van der Waals surface area contributed by atoms with Gasteiger partial charge in [0.1, 0.15) is 0 Å². The van der Waals surface area contributed by atoms with Crippen molar-refractivity contribution in [2.24, 2.45) is 0 Å². The highest BCUT2D eigenvalue weighted by Gasteiger charge is 2.37. The maximum Gasteiger partial charge on any atom is 0.475 e. The number of hydrogen-bond donors (Lipinski definition) is 0. The Balaban J connectivity index is 2.52. The van der Waals surface area contributed by atoms with Gasteiger partial charge in [0.05, 0.1) is 0 Å². The summed E-state index contributed by atoms with van der Waals surface area (Å²) in [6, 6.07) is 11.1. The van der Waals surface area contributed by atoms with Gasteiger partial charge in [-0.15, -0.1) is 0 Å². The van der Waals surface area contributed by atoms with Gasteiger partial charge < -0.3 is 0 Å². The zero-order chi connectivity index (χ0) is 11.8. The van der Waals surface area contributed by atoms with Crippen molar-refractivity contribution in [2.75, 3.05) is 0 Å². The second-order valence-electron chi connectivity index (χ2n) is 3.22. The molecule has 5 heteroatoms. The number of benzene rings is 2. The monoisotopic (exact) mass is 244 g/mol. The lowest BCUT2D eigenvalue weighted by Gasteiger charge is -2.06. The van der Waals surface area contributed by atoms with Gasteiger partial charge >= 0.3 is 5.51 Å². The van der Waals surface area contributed by atoms with E-state index in [2.05, 4.69) is 0 Å². The molecule has 0 spiro atoms. The Morgan fingerprint density at radius 2 is 1.56 bits per heavy atom. The molecule has 2 rings (SSSR count). The first kappa shape index (κ1) is 11.1. The molecule has 0 bridgehead atoms. The SMILES string of the molecule is O=S(c1ccc2ccccc2c1)C(F)(F)F. The molecule has 84 valence electrons. The Morgan fingerprint density at radius 1 is 0.938 bits per heavy atom. The third kappa shape index (κ3) is 2.09. The second-order valence-corrected chi connectivity index (χ2v) is 4.70. The van der Waals surface area contributed by atoms with E-state index in [1.54, 1.807) is 24.3 Å². The van der Waals surface area contributed by atoms with Crippen LogP contribution in [0.3, 0.4) is 0 Å². The van der Waals surface area contributed by atoms with Crippen molar-refractivity contribution in [3.8, 4) is 0 Å². The first-order valence-electron chi connectivity index (χ1n) is 4.46. The standard InChI is InChI=1S/C11H7F3OS/c12-11(13,14)16(15)10-6-5-8-3-1-2-4-9(8)7-10/h1-7H. The molecule has 0 N–H and O–H groups in total. The summed E-state index contributed by atoms with van der Waals surface area (Å²) in [5, 5.41) is 1.48. The number of alkyl halides is 3. The molecule has 0 aliphatic heterocycles. The Kier molecular flexibility index (Phi) is 2.71. The molecule has 0 fully saturated rings. The molecule has 0 aromatic heterocycles. The van der Waals surface area contributed by atoms with Gasteiger partial charge in [-0.05, 0) is 22.9 Å². The Hall–Kier alpha value is -1.36. The first-order valence-corrected chi connectivity index (χ1v) is 5.61. The van der Waals surface area contributed by atoms with E-state index in [1.807, 2.05) is 0 Å². The molecule has 1 unspecified atom stereocenters. The first-order chi connectivity index (χ1) is 7.48. The van der Waals surface area contributed by atoms with Crippen molar-refractivity contribution in [3.63, 3.8) is 0 Å². The maximum atomic E-state index is 12.2. The van der Waals surface area contributed by atoms with Gasteiger partial charge in [0.15, 0.2) is 10.8 Å². The third-order valence-corrected chi connectivity index (χ3v) is 3.25. The van der Waals surface area contributed by atoms with E-state index in [0.29, 0.717) is 5.39 Å². The van der Waals surface area contributed by atoms with Crippen LogP contribution in [-0.2, 0) is 10.8 Å². The van der Waals surface area contributed by atoms with E-state index in [1.165, 1.54) is 18.2 Å². The molecule has 0 saturated heterocycles. The molecule has 2 aromatic carbocycles. The number of halogens is 3. The van der Waals surface area contributed by atoms with E-state index in [0.717, 1.165) is 5.39 Å². The summed E-state index contributed by atoms with van der Waals surface area (Å²) in [6.45, 7) is 0. The summed E-state index contributed by atoms with van der Waals surface area (Å²) in [5.41, 5.74) is -4.71. The zero-order valence-corrected chi connectivity index (χ0v) is 8.81. The topological polar surface area (TPSA) is 17.1 Å². The minimum Gasteiger partial charge on any atom is -0.245 e. The van der Waals surface area contributed by atoms with E-state index in [4.69, 9.17) is 0 Å². The highest BCUT2D eigenvalue weighted by molar-refractivity contribution is 7.86. The third-order valence-electron chi connectivity index (χ3n) is 2.15. The average Bonchev–Trinajstić information content (AvgIpc) is 2.26. The van der Waals surface area contributed by atoms with Crippen molar-refractivity contribution in [2.45, 2.75) is 10.4 Å². The molecule has 16 heavy (non-hydrogen) atoms.